The summed E-state index contributed by atoms with van der Waals surface area (Å²) in [4.78, 5) is 4.62. The third-order valence-corrected chi connectivity index (χ3v) is 5.20. The molecule has 3 nitrogen and oxygen atoms in total. The van der Waals surface area contributed by atoms with Gasteiger partial charge in [0.15, 0.2) is 5.96 Å². The van der Waals surface area contributed by atoms with Crippen LogP contribution in [0.1, 0.15) is 24.1 Å². The number of benzene rings is 2. The molecule has 1 aliphatic rings. The number of nitrogens with one attached hydrogen (secondary N) is 2. The Morgan fingerprint density at radius 2 is 1.89 bits per heavy atom. The molecule has 0 unspecified atom stereocenters. The predicted molar refractivity (Wildman–Crippen MR) is 115 cm³/mol. The number of alkyl halides is 1. The van der Waals surface area contributed by atoms with Gasteiger partial charge in [-0.2, -0.15) is 0 Å². The largest absolute Gasteiger partial charge is 0.347 e. The van der Waals surface area contributed by atoms with Crippen LogP contribution in [0.25, 0.3) is 0 Å². The van der Waals surface area contributed by atoms with Gasteiger partial charge in [-0.05, 0) is 41.8 Å². The molecule has 0 saturated carbocycles. The second kappa shape index (κ2) is 9.76. The summed E-state index contributed by atoms with van der Waals surface area (Å²) in [5, 5.41) is 7.54. The second-order valence-electron chi connectivity index (χ2n) is 6.46. The highest BCUT2D eigenvalue weighted by atomic mass is 35.5. The average molecular weight is 418 g/mol. The molecular formula is C22H22Cl2FN3. The van der Waals surface area contributed by atoms with Gasteiger partial charge < -0.3 is 10.6 Å². The highest BCUT2D eigenvalue weighted by Crippen LogP contribution is 2.31. The molecule has 2 aromatic rings. The van der Waals surface area contributed by atoms with Crippen LogP contribution in [-0.4, -0.2) is 17.9 Å². The Morgan fingerprint density at radius 3 is 2.57 bits per heavy atom. The summed E-state index contributed by atoms with van der Waals surface area (Å²) in [6.07, 6.45) is 5.94. The van der Waals surface area contributed by atoms with E-state index in [2.05, 4.69) is 15.6 Å². The highest BCUT2D eigenvalue weighted by Gasteiger charge is 2.34. The van der Waals surface area contributed by atoms with E-state index in [-0.39, 0.29) is 17.9 Å². The van der Waals surface area contributed by atoms with Gasteiger partial charge in [0.2, 0.25) is 0 Å². The van der Waals surface area contributed by atoms with Gasteiger partial charge in [0.25, 0.3) is 0 Å². The van der Waals surface area contributed by atoms with Gasteiger partial charge in [0, 0.05) is 10.9 Å². The minimum Gasteiger partial charge on any atom is -0.347 e. The number of hydrogen-bond donors (Lipinski definition) is 2. The Hall–Kier alpha value is -2.30. The fraction of sp³-hybridized carbons (Fsp3) is 0.227. The van der Waals surface area contributed by atoms with Crippen LogP contribution < -0.4 is 10.6 Å². The summed E-state index contributed by atoms with van der Waals surface area (Å²) in [7, 11) is 0. The van der Waals surface area contributed by atoms with Crippen LogP contribution in [0.3, 0.4) is 0 Å². The lowest BCUT2D eigenvalue weighted by Crippen LogP contribution is -2.31. The van der Waals surface area contributed by atoms with Crippen molar-refractivity contribution >= 4 is 29.2 Å². The van der Waals surface area contributed by atoms with E-state index < -0.39 is 0 Å². The lowest BCUT2D eigenvalue weighted by molar-refractivity contribution is 0.590. The van der Waals surface area contributed by atoms with Crippen LogP contribution in [0, 0.1) is 5.82 Å². The summed E-state index contributed by atoms with van der Waals surface area (Å²) < 4.78 is 13.1. The summed E-state index contributed by atoms with van der Waals surface area (Å²) in [6.45, 7) is 2.40. The molecule has 2 atom stereocenters. The Kier molecular flexibility index (Phi) is 7.12. The van der Waals surface area contributed by atoms with E-state index >= 15 is 0 Å². The maximum atomic E-state index is 13.1. The molecule has 0 radical (unpaired) electrons. The number of allylic oxidation sites excluding steroid dienone is 3. The van der Waals surface area contributed by atoms with Crippen LogP contribution in [0.4, 0.5) is 4.39 Å². The first-order chi connectivity index (χ1) is 13.6. The van der Waals surface area contributed by atoms with Crippen molar-refractivity contribution in [2.75, 3.05) is 5.88 Å². The third-order valence-electron chi connectivity index (χ3n) is 4.55. The van der Waals surface area contributed by atoms with Gasteiger partial charge in [-0.1, -0.05) is 60.2 Å². The maximum absolute atomic E-state index is 13.1. The lowest BCUT2D eigenvalue weighted by atomic mass is 9.95. The van der Waals surface area contributed by atoms with Crippen LogP contribution in [0.2, 0.25) is 5.02 Å². The molecule has 146 valence electrons. The smallest absolute Gasteiger partial charge is 0.192 e. The summed E-state index contributed by atoms with van der Waals surface area (Å²) >= 11 is 12.7. The van der Waals surface area contributed by atoms with Crippen molar-refractivity contribution in [1.29, 1.82) is 0 Å². The fourth-order valence-electron chi connectivity index (χ4n) is 3.10. The quantitative estimate of drug-likeness (QED) is 0.488. The van der Waals surface area contributed by atoms with E-state index in [1.165, 1.54) is 12.1 Å². The van der Waals surface area contributed by atoms with Crippen LogP contribution in [0.15, 0.2) is 77.3 Å². The molecule has 0 amide bonds. The monoisotopic (exact) mass is 417 g/mol. The van der Waals surface area contributed by atoms with Crippen molar-refractivity contribution in [3.63, 3.8) is 0 Å². The minimum atomic E-state index is -0.256. The van der Waals surface area contributed by atoms with E-state index in [0.717, 1.165) is 16.7 Å². The van der Waals surface area contributed by atoms with E-state index in [9.17, 15) is 4.39 Å². The van der Waals surface area contributed by atoms with Crippen LogP contribution in [-0.2, 0) is 6.54 Å². The Morgan fingerprint density at radius 1 is 1.14 bits per heavy atom. The van der Waals surface area contributed by atoms with Gasteiger partial charge in [-0.15, -0.1) is 11.6 Å². The molecule has 1 fully saturated rings. The normalized spacial score (nSPS) is 21.1. The zero-order valence-corrected chi connectivity index (χ0v) is 17.0. The third kappa shape index (κ3) is 4.94. The first-order valence-corrected chi connectivity index (χ1v) is 9.97. The van der Waals surface area contributed by atoms with E-state index in [0.29, 0.717) is 23.4 Å². The van der Waals surface area contributed by atoms with Crippen LogP contribution >= 0.6 is 23.2 Å². The second-order valence-corrected chi connectivity index (χ2v) is 7.13. The molecule has 2 aromatic carbocycles. The van der Waals surface area contributed by atoms with E-state index in [4.69, 9.17) is 23.2 Å². The van der Waals surface area contributed by atoms with Crippen molar-refractivity contribution < 1.29 is 4.39 Å². The first kappa shape index (κ1) is 20.4. The topological polar surface area (TPSA) is 36.4 Å². The fourth-order valence-corrected chi connectivity index (χ4v) is 3.61. The molecule has 3 rings (SSSR count). The van der Waals surface area contributed by atoms with Crippen molar-refractivity contribution in [3.05, 3.63) is 94.3 Å². The minimum absolute atomic E-state index is 0.0828. The summed E-state index contributed by atoms with van der Waals surface area (Å²) in [5.74, 6) is 0.791. The number of nitrogens with zero attached hydrogens (tertiary/aromatic N) is 1. The molecule has 6 heteroatoms. The van der Waals surface area contributed by atoms with Crippen molar-refractivity contribution in [2.24, 2.45) is 4.99 Å². The van der Waals surface area contributed by atoms with Crippen molar-refractivity contribution in [3.8, 4) is 0 Å². The standard InChI is InChI=1S/C22H22Cl2FN3/c1-2-3-6-16(13-23)20-21(18-7-4-5-8-19(18)24)28-22(27-20)26-14-15-9-11-17(25)12-10-15/h2-12,20-21H,13-14H2,1H3,(H2,26,27,28)/b3-2-,16-6+/t20-,21+/m1/s1. The molecule has 1 aliphatic heterocycles. The van der Waals surface area contributed by atoms with Gasteiger partial charge in [-0.3, -0.25) is 0 Å². The number of halogens is 3. The maximum Gasteiger partial charge on any atom is 0.192 e. The molecule has 0 spiro atoms. The number of guanidine groups is 1. The molecule has 0 bridgehead atoms. The molecule has 28 heavy (non-hydrogen) atoms. The lowest BCUT2D eigenvalue weighted by Gasteiger charge is -2.21. The van der Waals surface area contributed by atoms with Gasteiger partial charge in [0.1, 0.15) is 5.82 Å². The van der Waals surface area contributed by atoms with Crippen LogP contribution in [0.5, 0.6) is 0 Å². The average Bonchev–Trinajstić information content (AvgIpc) is 3.12. The SMILES string of the molecule is C/C=C\C=C(/CCl)[C@H]1NC(=NCc2ccc(F)cc2)N[C@H]1c1ccccc1Cl. The Bertz CT molecular complexity index is 891. The van der Waals surface area contributed by atoms with Crippen molar-refractivity contribution in [1.82, 2.24) is 10.6 Å². The molecule has 0 aromatic heterocycles. The van der Waals surface area contributed by atoms with E-state index in [1.807, 2.05) is 49.4 Å². The number of aliphatic imine (C=N–C) groups is 1. The Labute approximate surface area is 175 Å². The molecule has 2 N–H and O–H groups in total. The highest BCUT2D eigenvalue weighted by molar-refractivity contribution is 6.31. The zero-order chi connectivity index (χ0) is 19.9. The molecule has 1 saturated heterocycles. The van der Waals surface area contributed by atoms with Crippen molar-refractivity contribution in [2.45, 2.75) is 25.6 Å². The van der Waals surface area contributed by atoms with Gasteiger partial charge in [0.05, 0.1) is 18.6 Å². The first-order valence-electron chi connectivity index (χ1n) is 9.06. The molecule has 1 heterocycles. The summed E-state index contributed by atoms with van der Waals surface area (Å²) in [5.41, 5.74) is 2.94. The van der Waals surface area contributed by atoms with Gasteiger partial charge >= 0.3 is 0 Å². The number of hydrogen-bond acceptors (Lipinski definition) is 1. The number of rotatable bonds is 6. The molecular weight excluding hydrogens is 396 g/mol. The zero-order valence-electron chi connectivity index (χ0n) is 15.5. The molecule has 0 aliphatic carbocycles. The van der Waals surface area contributed by atoms with E-state index in [1.54, 1.807) is 12.1 Å². The summed E-state index contributed by atoms with van der Waals surface area (Å²) in [6, 6.07) is 13.9. The predicted octanol–water partition coefficient (Wildman–Crippen LogP) is 5.38. The Balaban J connectivity index is 1.88. The van der Waals surface area contributed by atoms with Gasteiger partial charge in [-0.25, -0.2) is 9.38 Å².